The molecule has 0 radical (unpaired) electrons. The van der Waals surface area contributed by atoms with Crippen LogP contribution < -0.4 is 11.1 Å². The van der Waals surface area contributed by atoms with Crippen molar-refractivity contribution in [1.29, 1.82) is 0 Å². The Hall–Kier alpha value is -4.19. The van der Waals surface area contributed by atoms with E-state index in [4.69, 9.17) is 10.7 Å². The summed E-state index contributed by atoms with van der Waals surface area (Å²) in [6, 6.07) is 26.2. The van der Waals surface area contributed by atoms with Gasteiger partial charge < -0.3 is 11.1 Å². The van der Waals surface area contributed by atoms with Crippen molar-refractivity contribution in [2.24, 2.45) is 0 Å². The molecule has 31 heavy (non-hydrogen) atoms. The van der Waals surface area contributed by atoms with Gasteiger partial charge in [-0.3, -0.25) is 4.57 Å². The highest BCUT2D eigenvalue weighted by atomic mass is 15.2. The number of nitrogens with one attached hydrogen (secondary N) is 1. The van der Waals surface area contributed by atoms with E-state index in [1.54, 1.807) is 12.5 Å². The second-order valence-electron chi connectivity index (χ2n) is 7.42. The van der Waals surface area contributed by atoms with Crippen molar-refractivity contribution in [3.8, 4) is 16.9 Å². The number of hydrogen-bond acceptors (Lipinski definition) is 5. The number of hydrogen-bond donors (Lipinski definition) is 2. The number of imidazole rings is 1. The smallest absolute Gasteiger partial charge is 0.225 e. The van der Waals surface area contributed by atoms with E-state index in [-0.39, 0.29) is 6.04 Å². The molecule has 6 nitrogen and oxygen atoms in total. The van der Waals surface area contributed by atoms with Crippen molar-refractivity contribution >= 4 is 22.7 Å². The van der Waals surface area contributed by atoms with Crippen LogP contribution in [0.15, 0.2) is 91.4 Å². The average Bonchev–Trinajstić information content (AvgIpc) is 3.23. The molecule has 1 atom stereocenters. The molecule has 3 N–H and O–H groups in total. The van der Waals surface area contributed by atoms with Gasteiger partial charge in [0.1, 0.15) is 12.1 Å². The van der Waals surface area contributed by atoms with Crippen LogP contribution in [0.25, 0.3) is 28.0 Å². The van der Waals surface area contributed by atoms with Crippen LogP contribution in [0.5, 0.6) is 0 Å². The molecular weight excluding hydrogens is 384 g/mol. The van der Waals surface area contributed by atoms with Gasteiger partial charge in [0.15, 0.2) is 0 Å². The summed E-state index contributed by atoms with van der Waals surface area (Å²) in [5, 5.41) is 3.38. The summed E-state index contributed by atoms with van der Waals surface area (Å²) in [6.07, 6.45) is 3.54. The molecule has 152 valence electrons. The second kappa shape index (κ2) is 7.91. The number of para-hydroxylation sites is 1. The van der Waals surface area contributed by atoms with Crippen LogP contribution in [0.2, 0.25) is 0 Å². The number of fused-ring (bicyclic) bond motifs is 1. The van der Waals surface area contributed by atoms with E-state index in [9.17, 15) is 0 Å². The molecule has 2 aromatic heterocycles. The quantitative estimate of drug-likeness (QED) is 0.390. The van der Waals surface area contributed by atoms with Gasteiger partial charge in [-0.05, 0) is 42.3 Å². The van der Waals surface area contributed by atoms with E-state index in [0.29, 0.717) is 5.95 Å². The molecule has 0 saturated heterocycles. The number of benzene rings is 3. The summed E-state index contributed by atoms with van der Waals surface area (Å²) >= 11 is 0. The molecule has 2 heterocycles. The maximum absolute atomic E-state index is 6.14. The number of nitrogens with two attached hydrogens (primary N) is 1. The van der Waals surface area contributed by atoms with E-state index in [2.05, 4.69) is 46.5 Å². The topological polar surface area (TPSA) is 81.7 Å². The van der Waals surface area contributed by atoms with E-state index in [0.717, 1.165) is 33.7 Å². The lowest BCUT2D eigenvalue weighted by Crippen LogP contribution is -2.10. The minimum absolute atomic E-state index is 0.0925. The molecule has 5 aromatic rings. The van der Waals surface area contributed by atoms with Crippen molar-refractivity contribution < 1.29 is 0 Å². The van der Waals surface area contributed by atoms with Crippen molar-refractivity contribution in [3.05, 3.63) is 97.0 Å². The molecule has 3 aromatic carbocycles. The van der Waals surface area contributed by atoms with Gasteiger partial charge in [0, 0.05) is 17.4 Å². The van der Waals surface area contributed by atoms with Crippen LogP contribution in [0, 0.1) is 0 Å². The van der Waals surface area contributed by atoms with Gasteiger partial charge >= 0.3 is 0 Å². The van der Waals surface area contributed by atoms with Gasteiger partial charge in [-0.25, -0.2) is 9.97 Å². The number of aromatic nitrogens is 4. The van der Waals surface area contributed by atoms with Crippen molar-refractivity contribution in [1.82, 2.24) is 19.5 Å². The highest BCUT2D eigenvalue weighted by Crippen LogP contribution is 2.29. The Kier molecular flexibility index (Phi) is 4.80. The average molecular weight is 406 g/mol. The summed E-state index contributed by atoms with van der Waals surface area (Å²) in [4.78, 5) is 13.7. The normalized spacial score (nSPS) is 12.0. The first-order valence-corrected chi connectivity index (χ1v) is 10.2. The number of anilines is 2. The first-order chi connectivity index (χ1) is 15.2. The number of nitrogens with zero attached hydrogens (tertiary/aromatic N) is 4. The molecule has 0 fully saturated rings. The Labute approximate surface area is 180 Å². The SMILES string of the molecule is C[C@H](Nc1nccc(-n2cnc3cc(-c4ccccc4N)ccc32)n1)c1ccccc1. The molecule has 0 aliphatic rings. The highest BCUT2D eigenvalue weighted by molar-refractivity contribution is 5.86. The molecule has 0 unspecified atom stereocenters. The zero-order valence-electron chi connectivity index (χ0n) is 17.1. The minimum Gasteiger partial charge on any atom is -0.398 e. The Morgan fingerprint density at radius 3 is 2.55 bits per heavy atom. The monoisotopic (exact) mass is 406 g/mol. The highest BCUT2D eigenvalue weighted by Gasteiger charge is 2.11. The summed E-state index contributed by atoms with van der Waals surface area (Å²) in [5.74, 6) is 1.33. The Bertz CT molecular complexity index is 1340. The molecule has 0 amide bonds. The third-order valence-electron chi connectivity index (χ3n) is 5.35. The molecule has 0 aliphatic heterocycles. The zero-order chi connectivity index (χ0) is 21.2. The van der Waals surface area contributed by atoms with Gasteiger partial charge in [-0.2, -0.15) is 4.98 Å². The van der Waals surface area contributed by atoms with E-state index in [1.165, 1.54) is 5.56 Å². The van der Waals surface area contributed by atoms with Crippen LogP contribution in [-0.4, -0.2) is 19.5 Å². The third-order valence-corrected chi connectivity index (χ3v) is 5.35. The van der Waals surface area contributed by atoms with Crippen molar-refractivity contribution in [2.75, 3.05) is 11.1 Å². The fourth-order valence-electron chi connectivity index (χ4n) is 3.69. The molecular formula is C25H22N6. The van der Waals surface area contributed by atoms with E-state index >= 15 is 0 Å². The predicted molar refractivity (Wildman–Crippen MR) is 125 cm³/mol. The predicted octanol–water partition coefficient (Wildman–Crippen LogP) is 5.24. The van der Waals surface area contributed by atoms with Crippen molar-refractivity contribution in [3.63, 3.8) is 0 Å². The molecule has 5 rings (SSSR count). The largest absolute Gasteiger partial charge is 0.398 e. The van der Waals surface area contributed by atoms with Crippen LogP contribution >= 0.6 is 0 Å². The number of rotatable bonds is 5. The van der Waals surface area contributed by atoms with Gasteiger partial charge in [0.2, 0.25) is 5.95 Å². The summed E-state index contributed by atoms with van der Waals surface area (Å²) in [6.45, 7) is 2.09. The Balaban J connectivity index is 1.46. The van der Waals surface area contributed by atoms with Gasteiger partial charge in [-0.15, -0.1) is 0 Å². The lowest BCUT2D eigenvalue weighted by atomic mass is 10.0. The van der Waals surface area contributed by atoms with E-state index < -0.39 is 0 Å². The lowest BCUT2D eigenvalue weighted by Gasteiger charge is -2.14. The second-order valence-corrected chi connectivity index (χ2v) is 7.42. The first-order valence-electron chi connectivity index (χ1n) is 10.2. The molecule has 0 saturated carbocycles. The standard InChI is InChI=1S/C25H22N6/c1-17(18-7-3-2-4-8-18)29-25-27-14-13-24(30-25)31-16-28-22-15-19(11-12-23(22)31)20-9-5-6-10-21(20)26/h2-17H,26H2,1H3,(H,27,29,30)/t17-/m0/s1. The van der Waals surface area contributed by atoms with Crippen LogP contribution in [0.4, 0.5) is 11.6 Å². The first kappa shape index (κ1) is 18.8. The van der Waals surface area contributed by atoms with Gasteiger partial charge in [0.05, 0.1) is 17.1 Å². The van der Waals surface area contributed by atoms with Crippen molar-refractivity contribution in [2.45, 2.75) is 13.0 Å². The number of nitrogen functional groups attached to an aromatic ring is 1. The molecule has 0 bridgehead atoms. The minimum atomic E-state index is 0.0925. The fourth-order valence-corrected chi connectivity index (χ4v) is 3.69. The fraction of sp³-hybridized carbons (Fsp3) is 0.0800. The summed E-state index contributed by atoms with van der Waals surface area (Å²) in [7, 11) is 0. The molecule has 6 heteroatoms. The van der Waals surface area contributed by atoms with Crippen LogP contribution in [0.1, 0.15) is 18.5 Å². The van der Waals surface area contributed by atoms with Crippen LogP contribution in [0.3, 0.4) is 0 Å². The third kappa shape index (κ3) is 3.71. The van der Waals surface area contributed by atoms with Crippen LogP contribution in [-0.2, 0) is 0 Å². The van der Waals surface area contributed by atoms with E-state index in [1.807, 2.05) is 59.2 Å². The lowest BCUT2D eigenvalue weighted by molar-refractivity contribution is 0.854. The molecule has 0 spiro atoms. The van der Waals surface area contributed by atoms with Gasteiger partial charge in [-0.1, -0.05) is 54.6 Å². The zero-order valence-corrected chi connectivity index (χ0v) is 17.1. The maximum atomic E-state index is 6.14. The summed E-state index contributed by atoms with van der Waals surface area (Å²) < 4.78 is 1.97. The maximum Gasteiger partial charge on any atom is 0.225 e. The van der Waals surface area contributed by atoms with Gasteiger partial charge in [0.25, 0.3) is 0 Å². The Morgan fingerprint density at radius 2 is 1.71 bits per heavy atom. The Morgan fingerprint density at radius 1 is 0.903 bits per heavy atom. The molecule has 0 aliphatic carbocycles. The summed E-state index contributed by atoms with van der Waals surface area (Å²) in [5.41, 5.74) is 12.0.